The van der Waals surface area contributed by atoms with E-state index in [4.69, 9.17) is 19.2 Å². The first kappa shape index (κ1) is 30.7. The van der Waals surface area contributed by atoms with Crippen LogP contribution in [0.4, 0.5) is 4.79 Å². The lowest BCUT2D eigenvalue weighted by atomic mass is 9.98. The number of tetrazole rings is 1. The van der Waals surface area contributed by atoms with E-state index in [1.165, 1.54) is 13.0 Å². The first-order valence-corrected chi connectivity index (χ1v) is 15.1. The summed E-state index contributed by atoms with van der Waals surface area (Å²) in [6, 6.07) is 16.5. The van der Waals surface area contributed by atoms with Crippen molar-refractivity contribution in [3.63, 3.8) is 0 Å². The van der Waals surface area contributed by atoms with E-state index >= 15 is 0 Å². The van der Waals surface area contributed by atoms with Gasteiger partial charge in [0.1, 0.15) is 5.82 Å². The Morgan fingerprint density at radius 2 is 1.73 bits per heavy atom. The number of nitrogens with zero attached hydrogens (tertiary/aromatic N) is 5. The Hall–Kier alpha value is -4.80. The van der Waals surface area contributed by atoms with Gasteiger partial charge in [-0.3, -0.25) is 0 Å². The minimum absolute atomic E-state index is 0.335. The molecule has 0 amide bonds. The standard InChI is InChI=1S/C33H38N6O5/c1-5-10-29-34-28-14-9-6-11-25(19-30(40)43-22(4)44-33(41)42-21(2)3)31(28)39(29)20-23-15-17-24(18-16-23)26-12-7-8-13-27(26)32-35-37-38-36-32/h7-8,12-13,15-19,21-22H,5-6,9-11,14,20H2,1-4H3,(H,35,36,37,38). The van der Waals surface area contributed by atoms with Gasteiger partial charge in [0.2, 0.25) is 6.29 Å². The van der Waals surface area contributed by atoms with E-state index in [-0.39, 0.29) is 6.10 Å². The van der Waals surface area contributed by atoms with Crippen molar-refractivity contribution in [3.05, 3.63) is 77.4 Å². The Bertz CT molecular complexity index is 1610. The van der Waals surface area contributed by atoms with Crippen LogP contribution in [0, 0.1) is 0 Å². The number of benzene rings is 2. The maximum absolute atomic E-state index is 13.0. The molecule has 0 bridgehead atoms. The number of carbonyl (C=O) groups is 2. The average Bonchev–Trinajstić information content (AvgIpc) is 3.59. The maximum atomic E-state index is 13.0. The first-order valence-electron chi connectivity index (χ1n) is 15.1. The highest BCUT2D eigenvalue weighted by atomic mass is 16.8. The van der Waals surface area contributed by atoms with Crippen LogP contribution in [0.15, 0.2) is 54.6 Å². The molecule has 4 aromatic rings. The van der Waals surface area contributed by atoms with Crippen molar-refractivity contribution in [1.29, 1.82) is 0 Å². The third-order valence-electron chi connectivity index (χ3n) is 7.31. The summed E-state index contributed by atoms with van der Waals surface area (Å²) < 4.78 is 17.7. The first-order chi connectivity index (χ1) is 21.3. The van der Waals surface area contributed by atoms with Gasteiger partial charge >= 0.3 is 12.1 Å². The van der Waals surface area contributed by atoms with Crippen LogP contribution in [-0.4, -0.2) is 54.7 Å². The fraction of sp³-hybridized carbons (Fsp3) is 0.394. The van der Waals surface area contributed by atoms with Gasteiger partial charge in [-0.25, -0.2) is 19.7 Å². The van der Waals surface area contributed by atoms with Gasteiger partial charge in [-0.05, 0) is 78.6 Å². The third-order valence-corrected chi connectivity index (χ3v) is 7.31. The van der Waals surface area contributed by atoms with Crippen molar-refractivity contribution in [2.75, 3.05) is 0 Å². The molecule has 11 nitrogen and oxygen atoms in total. The second kappa shape index (κ2) is 14.1. The van der Waals surface area contributed by atoms with Crippen LogP contribution in [0.1, 0.15) is 76.2 Å². The zero-order valence-electron chi connectivity index (χ0n) is 25.6. The van der Waals surface area contributed by atoms with Crippen LogP contribution in [0.2, 0.25) is 0 Å². The summed E-state index contributed by atoms with van der Waals surface area (Å²) in [5.41, 5.74) is 6.97. The van der Waals surface area contributed by atoms with Gasteiger partial charge in [0.15, 0.2) is 5.82 Å². The van der Waals surface area contributed by atoms with Gasteiger partial charge in [-0.2, -0.15) is 0 Å². The number of aryl methyl sites for hydroxylation is 2. The maximum Gasteiger partial charge on any atom is 0.511 e. The number of allylic oxidation sites excluding steroid dienone is 1. The van der Waals surface area contributed by atoms with Crippen LogP contribution in [0.25, 0.3) is 28.1 Å². The molecule has 0 fully saturated rings. The van der Waals surface area contributed by atoms with Crippen molar-refractivity contribution in [1.82, 2.24) is 30.2 Å². The van der Waals surface area contributed by atoms with E-state index in [1.807, 2.05) is 18.2 Å². The fourth-order valence-corrected chi connectivity index (χ4v) is 5.45. The lowest BCUT2D eigenvalue weighted by molar-refractivity contribution is -0.162. The van der Waals surface area contributed by atoms with Crippen molar-refractivity contribution in [2.24, 2.45) is 0 Å². The topological polar surface area (TPSA) is 134 Å². The highest BCUT2D eigenvalue weighted by Crippen LogP contribution is 2.33. The summed E-state index contributed by atoms with van der Waals surface area (Å²) >= 11 is 0. The van der Waals surface area contributed by atoms with Gasteiger partial charge in [-0.1, -0.05) is 55.5 Å². The van der Waals surface area contributed by atoms with Crippen LogP contribution in [0.5, 0.6) is 0 Å². The smallest absolute Gasteiger partial charge is 0.431 e. The Morgan fingerprint density at radius 3 is 2.43 bits per heavy atom. The number of esters is 1. The molecule has 1 N–H and O–H groups in total. The molecule has 2 aromatic carbocycles. The molecule has 0 saturated carbocycles. The monoisotopic (exact) mass is 598 g/mol. The molecule has 0 saturated heterocycles. The van der Waals surface area contributed by atoms with Crippen LogP contribution in [0.3, 0.4) is 0 Å². The van der Waals surface area contributed by atoms with Gasteiger partial charge in [0.05, 0.1) is 17.5 Å². The van der Waals surface area contributed by atoms with E-state index in [9.17, 15) is 9.59 Å². The molecular weight excluding hydrogens is 560 g/mol. The molecule has 1 unspecified atom stereocenters. The molecule has 230 valence electrons. The van der Waals surface area contributed by atoms with E-state index in [0.717, 1.165) is 83.6 Å². The average molecular weight is 599 g/mol. The number of aromatic nitrogens is 6. The summed E-state index contributed by atoms with van der Waals surface area (Å²) in [6.45, 7) is 7.67. The summed E-state index contributed by atoms with van der Waals surface area (Å²) in [5.74, 6) is 1.04. The lowest BCUT2D eigenvalue weighted by Gasteiger charge is -2.16. The van der Waals surface area contributed by atoms with Crippen molar-refractivity contribution in [2.45, 2.75) is 85.2 Å². The Kier molecular flexibility index (Phi) is 9.83. The van der Waals surface area contributed by atoms with Crippen molar-refractivity contribution < 1.29 is 23.8 Å². The molecule has 5 rings (SSSR count). The highest BCUT2D eigenvalue weighted by molar-refractivity contribution is 5.91. The molecule has 1 atom stereocenters. The molecule has 1 aliphatic rings. The summed E-state index contributed by atoms with van der Waals surface area (Å²) in [5, 5.41) is 14.4. The normalized spacial score (nSPS) is 14.6. The zero-order chi connectivity index (χ0) is 31.1. The SMILES string of the molecule is CCCc1nc2c(n1Cc1ccc(-c3ccccc3-c3nnn[nH]3)cc1)C(=CC(=O)OC(C)OC(=O)OC(C)C)CCCC2. The second-order valence-corrected chi connectivity index (χ2v) is 11.1. The molecule has 1 aliphatic carbocycles. The lowest BCUT2D eigenvalue weighted by Crippen LogP contribution is -2.23. The van der Waals surface area contributed by atoms with Gasteiger partial charge in [0, 0.05) is 31.5 Å². The molecule has 2 heterocycles. The summed E-state index contributed by atoms with van der Waals surface area (Å²) in [7, 11) is 0. The van der Waals surface area contributed by atoms with Gasteiger partial charge < -0.3 is 18.8 Å². The van der Waals surface area contributed by atoms with Crippen molar-refractivity contribution in [3.8, 4) is 22.5 Å². The molecule has 44 heavy (non-hydrogen) atoms. The Morgan fingerprint density at radius 1 is 0.977 bits per heavy atom. The minimum Gasteiger partial charge on any atom is -0.431 e. The van der Waals surface area contributed by atoms with E-state index in [2.05, 4.69) is 62.4 Å². The Balaban J connectivity index is 1.41. The zero-order valence-corrected chi connectivity index (χ0v) is 25.6. The summed E-state index contributed by atoms with van der Waals surface area (Å²) in [6.07, 6.45) is 4.47. The number of hydrogen-bond donors (Lipinski definition) is 1. The second-order valence-electron chi connectivity index (χ2n) is 11.1. The molecule has 2 aromatic heterocycles. The van der Waals surface area contributed by atoms with Crippen LogP contribution < -0.4 is 0 Å². The van der Waals surface area contributed by atoms with Gasteiger partial charge in [-0.15, -0.1) is 5.10 Å². The van der Waals surface area contributed by atoms with Crippen LogP contribution in [-0.2, 0) is 38.4 Å². The Labute approximate surface area is 256 Å². The van der Waals surface area contributed by atoms with E-state index in [1.54, 1.807) is 13.8 Å². The van der Waals surface area contributed by atoms with E-state index in [0.29, 0.717) is 12.4 Å². The van der Waals surface area contributed by atoms with Crippen LogP contribution >= 0.6 is 0 Å². The molecular formula is C33H38N6O5. The highest BCUT2D eigenvalue weighted by Gasteiger charge is 2.24. The third kappa shape index (κ3) is 7.39. The predicted octanol–water partition coefficient (Wildman–Crippen LogP) is 6.29. The number of aromatic amines is 1. The minimum atomic E-state index is -1.08. The fourth-order valence-electron chi connectivity index (χ4n) is 5.45. The molecule has 0 aliphatic heterocycles. The number of H-pyrrole nitrogens is 1. The number of nitrogens with one attached hydrogen (secondary N) is 1. The molecule has 11 heteroatoms. The number of imidazole rings is 1. The molecule has 0 spiro atoms. The molecule has 0 radical (unpaired) electrons. The number of rotatable bonds is 10. The number of hydrogen-bond acceptors (Lipinski definition) is 9. The quantitative estimate of drug-likeness (QED) is 0.0967. The number of fused-ring (bicyclic) bond motifs is 1. The number of carbonyl (C=O) groups excluding carboxylic acids is 2. The number of ether oxygens (including phenoxy) is 3. The van der Waals surface area contributed by atoms with Crippen molar-refractivity contribution >= 4 is 17.7 Å². The predicted molar refractivity (Wildman–Crippen MR) is 164 cm³/mol. The summed E-state index contributed by atoms with van der Waals surface area (Å²) in [4.78, 5) is 29.8. The van der Waals surface area contributed by atoms with Gasteiger partial charge in [0.25, 0.3) is 0 Å². The largest absolute Gasteiger partial charge is 0.511 e. The van der Waals surface area contributed by atoms with E-state index < -0.39 is 18.4 Å².